The summed E-state index contributed by atoms with van der Waals surface area (Å²) in [7, 11) is 0. The Kier molecular flexibility index (Phi) is 6.75. The third-order valence-electron chi connectivity index (χ3n) is 3.54. The van der Waals surface area contributed by atoms with Crippen LogP contribution in [0.2, 0.25) is 0 Å². The molecule has 0 spiro atoms. The van der Waals surface area contributed by atoms with Crippen LogP contribution in [0.4, 0.5) is 0 Å². The fourth-order valence-electron chi connectivity index (χ4n) is 2.28. The lowest BCUT2D eigenvalue weighted by molar-refractivity contribution is -0.129. The largest absolute Gasteiger partial charge is 0.368 e. The maximum absolute atomic E-state index is 12.2. The molecule has 6 heteroatoms. The Morgan fingerprint density at radius 2 is 1.65 bits per heavy atom. The van der Waals surface area contributed by atoms with Gasteiger partial charge in [0.15, 0.2) is 0 Å². The predicted molar refractivity (Wildman–Crippen MR) is 88.3 cm³/mol. The number of hydrogen-bond donors (Lipinski definition) is 3. The highest BCUT2D eigenvalue weighted by molar-refractivity contribution is 5.87. The minimum absolute atomic E-state index is 0.0408. The highest BCUT2D eigenvalue weighted by Crippen LogP contribution is 2.18. The molecule has 1 rings (SSSR count). The molecule has 0 saturated carbocycles. The van der Waals surface area contributed by atoms with Gasteiger partial charge in [0.1, 0.15) is 6.04 Å². The number of hydrogen-bond acceptors (Lipinski definition) is 3. The smallest absolute Gasteiger partial charge is 0.240 e. The van der Waals surface area contributed by atoms with Crippen LogP contribution >= 0.6 is 0 Å². The highest BCUT2D eigenvalue weighted by Gasteiger charge is 2.24. The fraction of sp³-hybridized carbons (Fsp3) is 0.471. The van der Waals surface area contributed by atoms with Crippen molar-refractivity contribution in [3.8, 4) is 0 Å². The lowest BCUT2D eigenvalue weighted by atomic mass is 10.00. The minimum atomic E-state index is -0.724. The molecule has 6 nitrogen and oxygen atoms in total. The van der Waals surface area contributed by atoms with Crippen molar-refractivity contribution in [3.05, 3.63) is 35.4 Å². The summed E-state index contributed by atoms with van der Waals surface area (Å²) in [5.74, 6) is -1.23. The normalized spacial score (nSPS) is 13.3. The molecule has 23 heavy (non-hydrogen) atoms. The van der Waals surface area contributed by atoms with Gasteiger partial charge >= 0.3 is 0 Å². The number of benzene rings is 1. The first kappa shape index (κ1) is 18.7. The van der Waals surface area contributed by atoms with Crippen molar-refractivity contribution in [1.82, 2.24) is 10.6 Å². The maximum atomic E-state index is 12.2. The molecule has 3 amide bonds. The second-order valence-corrected chi connectivity index (χ2v) is 6.06. The van der Waals surface area contributed by atoms with E-state index in [1.54, 1.807) is 13.8 Å². The van der Waals surface area contributed by atoms with Crippen LogP contribution in [-0.4, -0.2) is 23.8 Å². The topological polar surface area (TPSA) is 101 Å². The standard InChI is InChI=1S/C17H25N3O3/c1-10(2)16(17(18)23)20-15(22)9-14(19-12(4)21)13-7-5-11(3)6-8-13/h5-8,10,14,16H,9H2,1-4H3,(H2,18,23)(H,19,21)(H,20,22)/t14-,16-/m0/s1. The molecule has 0 aromatic heterocycles. The maximum Gasteiger partial charge on any atom is 0.240 e. The molecule has 0 aliphatic carbocycles. The summed E-state index contributed by atoms with van der Waals surface area (Å²) < 4.78 is 0. The van der Waals surface area contributed by atoms with Crippen molar-refractivity contribution in [2.24, 2.45) is 11.7 Å². The molecule has 2 atom stereocenters. The molecular weight excluding hydrogens is 294 g/mol. The summed E-state index contributed by atoms with van der Waals surface area (Å²) >= 11 is 0. The Hall–Kier alpha value is -2.37. The van der Waals surface area contributed by atoms with Gasteiger partial charge in [0.2, 0.25) is 17.7 Å². The number of carbonyl (C=O) groups excluding carboxylic acids is 3. The molecule has 0 saturated heterocycles. The van der Waals surface area contributed by atoms with Crippen LogP contribution in [0.3, 0.4) is 0 Å². The lowest BCUT2D eigenvalue weighted by Gasteiger charge is -2.22. The monoisotopic (exact) mass is 319 g/mol. The van der Waals surface area contributed by atoms with E-state index in [0.29, 0.717) is 0 Å². The number of rotatable bonds is 7. The summed E-state index contributed by atoms with van der Waals surface area (Å²) in [5, 5.41) is 5.40. The summed E-state index contributed by atoms with van der Waals surface area (Å²) in [6.45, 7) is 6.98. The van der Waals surface area contributed by atoms with Gasteiger partial charge in [0.25, 0.3) is 0 Å². The molecule has 126 valence electrons. The predicted octanol–water partition coefficient (Wildman–Crippen LogP) is 1.19. The van der Waals surface area contributed by atoms with Crippen molar-refractivity contribution in [2.75, 3.05) is 0 Å². The Balaban J connectivity index is 2.84. The van der Waals surface area contributed by atoms with Gasteiger partial charge in [-0.3, -0.25) is 14.4 Å². The van der Waals surface area contributed by atoms with Gasteiger partial charge in [-0.25, -0.2) is 0 Å². The van der Waals surface area contributed by atoms with Gasteiger partial charge in [-0.15, -0.1) is 0 Å². The first-order valence-electron chi connectivity index (χ1n) is 7.63. The molecule has 1 aromatic rings. The zero-order chi connectivity index (χ0) is 17.6. The quantitative estimate of drug-likeness (QED) is 0.703. The molecule has 0 aliphatic rings. The van der Waals surface area contributed by atoms with E-state index < -0.39 is 18.0 Å². The van der Waals surface area contributed by atoms with E-state index in [9.17, 15) is 14.4 Å². The number of amides is 3. The average molecular weight is 319 g/mol. The van der Waals surface area contributed by atoms with Gasteiger partial charge in [-0.2, -0.15) is 0 Å². The van der Waals surface area contributed by atoms with Gasteiger partial charge < -0.3 is 16.4 Å². The second-order valence-electron chi connectivity index (χ2n) is 6.06. The second kappa shape index (κ2) is 8.31. The van der Waals surface area contributed by atoms with E-state index in [1.807, 2.05) is 31.2 Å². The van der Waals surface area contributed by atoms with E-state index in [-0.39, 0.29) is 24.2 Å². The molecule has 1 aromatic carbocycles. The van der Waals surface area contributed by atoms with E-state index in [2.05, 4.69) is 10.6 Å². The number of primary amides is 1. The number of nitrogens with two attached hydrogens (primary N) is 1. The van der Waals surface area contributed by atoms with Gasteiger partial charge in [0, 0.05) is 6.92 Å². The van der Waals surface area contributed by atoms with E-state index in [0.717, 1.165) is 11.1 Å². The Bertz CT molecular complexity index is 567. The molecule has 0 fully saturated rings. The summed E-state index contributed by atoms with van der Waals surface area (Å²) in [6.07, 6.45) is 0.0408. The summed E-state index contributed by atoms with van der Waals surface area (Å²) in [5.41, 5.74) is 7.23. The molecule has 0 unspecified atom stereocenters. The first-order chi connectivity index (χ1) is 10.7. The number of aryl methyl sites for hydroxylation is 1. The molecule has 0 radical (unpaired) electrons. The van der Waals surface area contributed by atoms with Crippen LogP contribution in [0.15, 0.2) is 24.3 Å². The summed E-state index contributed by atoms with van der Waals surface area (Å²) in [6, 6.07) is 6.41. The zero-order valence-corrected chi connectivity index (χ0v) is 14.1. The third kappa shape index (κ3) is 6.10. The van der Waals surface area contributed by atoms with Crippen molar-refractivity contribution >= 4 is 17.7 Å². The summed E-state index contributed by atoms with van der Waals surface area (Å²) in [4.78, 5) is 35.0. The molecule has 0 aliphatic heterocycles. The lowest BCUT2D eigenvalue weighted by Crippen LogP contribution is -2.48. The van der Waals surface area contributed by atoms with E-state index >= 15 is 0 Å². The van der Waals surface area contributed by atoms with Gasteiger partial charge in [-0.1, -0.05) is 43.7 Å². The Morgan fingerprint density at radius 3 is 2.09 bits per heavy atom. The van der Waals surface area contributed by atoms with Crippen molar-refractivity contribution in [2.45, 2.75) is 46.2 Å². The van der Waals surface area contributed by atoms with Crippen molar-refractivity contribution in [3.63, 3.8) is 0 Å². The van der Waals surface area contributed by atoms with Crippen LogP contribution in [0.1, 0.15) is 44.4 Å². The van der Waals surface area contributed by atoms with E-state index in [1.165, 1.54) is 6.92 Å². The third-order valence-corrected chi connectivity index (χ3v) is 3.54. The number of nitrogens with one attached hydrogen (secondary N) is 2. The Labute approximate surface area is 136 Å². The zero-order valence-electron chi connectivity index (χ0n) is 14.1. The first-order valence-corrected chi connectivity index (χ1v) is 7.63. The van der Waals surface area contributed by atoms with Crippen LogP contribution in [-0.2, 0) is 14.4 Å². The molecule has 4 N–H and O–H groups in total. The average Bonchev–Trinajstić information content (AvgIpc) is 2.43. The molecule has 0 bridgehead atoms. The van der Waals surface area contributed by atoms with Crippen LogP contribution < -0.4 is 16.4 Å². The van der Waals surface area contributed by atoms with E-state index in [4.69, 9.17) is 5.73 Å². The van der Waals surface area contributed by atoms with Crippen molar-refractivity contribution in [1.29, 1.82) is 0 Å². The van der Waals surface area contributed by atoms with Crippen LogP contribution in [0.5, 0.6) is 0 Å². The molecular formula is C17H25N3O3. The highest BCUT2D eigenvalue weighted by atomic mass is 16.2. The van der Waals surface area contributed by atoms with Gasteiger partial charge in [0.05, 0.1) is 12.5 Å². The fourth-order valence-corrected chi connectivity index (χ4v) is 2.28. The van der Waals surface area contributed by atoms with Crippen LogP contribution in [0, 0.1) is 12.8 Å². The molecule has 0 heterocycles. The van der Waals surface area contributed by atoms with Crippen molar-refractivity contribution < 1.29 is 14.4 Å². The SMILES string of the molecule is CC(=O)N[C@@H](CC(=O)N[C@H](C(N)=O)C(C)C)c1ccc(C)cc1. The minimum Gasteiger partial charge on any atom is -0.368 e. The Morgan fingerprint density at radius 1 is 1.09 bits per heavy atom. The number of carbonyl (C=O) groups is 3. The van der Waals surface area contributed by atoms with Crippen LogP contribution in [0.25, 0.3) is 0 Å². The van der Waals surface area contributed by atoms with Gasteiger partial charge in [-0.05, 0) is 18.4 Å².